The van der Waals surface area contributed by atoms with Crippen molar-refractivity contribution in [3.05, 3.63) is 47.6 Å². The number of aryl methyl sites for hydroxylation is 1. The minimum Gasteiger partial charge on any atom is -0.489 e. The smallest absolute Gasteiger partial charge is 0.127 e. The number of benzene rings is 1. The SMILES string of the molecule is C=CCOc1cc(CCCCC)cc2c1C1C=C(C)CCC1C(C)(C)O2. The highest BCUT2D eigenvalue weighted by Gasteiger charge is 2.45. The van der Waals surface area contributed by atoms with E-state index in [1.807, 2.05) is 6.08 Å². The summed E-state index contributed by atoms with van der Waals surface area (Å²) in [5.41, 5.74) is 3.90. The van der Waals surface area contributed by atoms with Crippen LogP contribution in [0.3, 0.4) is 0 Å². The first kappa shape index (κ1) is 19.1. The van der Waals surface area contributed by atoms with Gasteiger partial charge >= 0.3 is 0 Å². The van der Waals surface area contributed by atoms with Crippen molar-refractivity contribution in [2.75, 3.05) is 6.61 Å². The van der Waals surface area contributed by atoms with Crippen LogP contribution in [-0.2, 0) is 6.42 Å². The predicted octanol–water partition coefficient (Wildman–Crippen LogP) is 6.60. The van der Waals surface area contributed by atoms with E-state index in [2.05, 4.69) is 52.5 Å². The molecule has 0 amide bonds. The van der Waals surface area contributed by atoms with E-state index < -0.39 is 0 Å². The van der Waals surface area contributed by atoms with Gasteiger partial charge in [0.15, 0.2) is 0 Å². The van der Waals surface area contributed by atoms with E-state index in [4.69, 9.17) is 9.47 Å². The first-order valence-corrected chi connectivity index (χ1v) is 10.2. The Labute approximate surface area is 159 Å². The predicted molar refractivity (Wildman–Crippen MR) is 109 cm³/mol. The molecule has 0 saturated heterocycles. The largest absolute Gasteiger partial charge is 0.489 e. The van der Waals surface area contributed by atoms with Crippen LogP contribution >= 0.6 is 0 Å². The molecule has 142 valence electrons. The monoisotopic (exact) mass is 354 g/mol. The summed E-state index contributed by atoms with van der Waals surface area (Å²) in [4.78, 5) is 0. The summed E-state index contributed by atoms with van der Waals surface area (Å²) in [7, 11) is 0. The van der Waals surface area contributed by atoms with Gasteiger partial charge in [-0.3, -0.25) is 0 Å². The summed E-state index contributed by atoms with van der Waals surface area (Å²) in [5.74, 6) is 2.89. The lowest BCUT2D eigenvalue weighted by molar-refractivity contribution is 0.0106. The van der Waals surface area contributed by atoms with Crippen molar-refractivity contribution >= 4 is 0 Å². The maximum absolute atomic E-state index is 6.56. The number of hydrogen-bond acceptors (Lipinski definition) is 2. The van der Waals surface area contributed by atoms with Crippen molar-refractivity contribution in [1.82, 2.24) is 0 Å². The van der Waals surface area contributed by atoms with Gasteiger partial charge in [0.2, 0.25) is 0 Å². The van der Waals surface area contributed by atoms with Gasteiger partial charge in [-0.2, -0.15) is 0 Å². The number of fused-ring (bicyclic) bond motifs is 3. The van der Waals surface area contributed by atoms with Crippen molar-refractivity contribution in [2.24, 2.45) is 5.92 Å². The molecule has 0 aromatic heterocycles. The normalized spacial score (nSPS) is 23.3. The topological polar surface area (TPSA) is 18.5 Å². The Morgan fingerprint density at radius 1 is 1.31 bits per heavy atom. The molecule has 2 unspecified atom stereocenters. The Hall–Kier alpha value is -1.70. The average Bonchev–Trinajstić information content (AvgIpc) is 2.58. The Morgan fingerprint density at radius 3 is 2.85 bits per heavy atom. The van der Waals surface area contributed by atoms with Crippen molar-refractivity contribution in [2.45, 2.75) is 77.7 Å². The number of unbranched alkanes of at least 4 members (excludes halogenated alkanes) is 2. The van der Waals surface area contributed by atoms with Gasteiger partial charge in [-0.25, -0.2) is 0 Å². The molecule has 2 heteroatoms. The second kappa shape index (κ2) is 7.90. The summed E-state index contributed by atoms with van der Waals surface area (Å²) in [6.45, 7) is 13.3. The minimum atomic E-state index is -0.146. The van der Waals surface area contributed by atoms with Crippen LogP contribution in [0.5, 0.6) is 11.5 Å². The van der Waals surface area contributed by atoms with Gasteiger partial charge in [0, 0.05) is 17.4 Å². The highest BCUT2D eigenvalue weighted by Crippen LogP contribution is 2.53. The zero-order chi connectivity index (χ0) is 18.7. The molecule has 0 fully saturated rings. The Bertz CT molecular complexity index is 684. The molecule has 2 nitrogen and oxygen atoms in total. The summed E-state index contributed by atoms with van der Waals surface area (Å²) < 4.78 is 12.7. The zero-order valence-electron chi connectivity index (χ0n) is 16.9. The fourth-order valence-electron chi connectivity index (χ4n) is 4.55. The third kappa shape index (κ3) is 3.84. The number of hydrogen-bond donors (Lipinski definition) is 0. The maximum atomic E-state index is 6.56. The van der Waals surface area contributed by atoms with Crippen molar-refractivity contribution < 1.29 is 9.47 Å². The van der Waals surface area contributed by atoms with Crippen LogP contribution in [0.25, 0.3) is 0 Å². The van der Waals surface area contributed by atoms with Crippen LogP contribution < -0.4 is 9.47 Å². The third-order valence-corrected chi connectivity index (χ3v) is 5.94. The molecule has 2 atom stereocenters. The van der Waals surface area contributed by atoms with E-state index in [0.29, 0.717) is 18.4 Å². The van der Waals surface area contributed by atoms with Gasteiger partial charge in [-0.15, -0.1) is 0 Å². The summed E-state index contributed by atoms with van der Waals surface area (Å²) >= 11 is 0. The molecule has 1 aromatic rings. The zero-order valence-corrected chi connectivity index (χ0v) is 16.9. The van der Waals surface area contributed by atoms with Crippen molar-refractivity contribution in [3.8, 4) is 11.5 Å². The minimum absolute atomic E-state index is 0.146. The molecule has 3 rings (SSSR count). The second-order valence-electron chi connectivity index (χ2n) is 8.45. The van der Waals surface area contributed by atoms with E-state index in [-0.39, 0.29) is 5.60 Å². The highest BCUT2D eigenvalue weighted by molar-refractivity contribution is 5.54. The summed E-state index contributed by atoms with van der Waals surface area (Å²) in [5, 5.41) is 0. The maximum Gasteiger partial charge on any atom is 0.127 e. The highest BCUT2D eigenvalue weighted by atomic mass is 16.5. The third-order valence-electron chi connectivity index (χ3n) is 5.94. The van der Waals surface area contributed by atoms with Gasteiger partial charge < -0.3 is 9.47 Å². The molecule has 1 heterocycles. The van der Waals surface area contributed by atoms with E-state index in [1.165, 1.54) is 48.8 Å². The Balaban J connectivity index is 2.04. The first-order valence-electron chi connectivity index (χ1n) is 10.2. The molecule has 2 aliphatic rings. The van der Waals surface area contributed by atoms with Gasteiger partial charge in [0.25, 0.3) is 0 Å². The molecular weight excluding hydrogens is 320 g/mol. The van der Waals surface area contributed by atoms with Gasteiger partial charge in [-0.1, -0.05) is 44.1 Å². The number of rotatable bonds is 7. The number of ether oxygens (including phenoxy) is 2. The lowest BCUT2D eigenvalue weighted by atomic mass is 9.68. The molecule has 0 N–H and O–H groups in total. The van der Waals surface area contributed by atoms with Crippen molar-refractivity contribution in [3.63, 3.8) is 0 Å². The van der Waals surface area contributed by atoms with Crippen LogP contribution in [0.4, 0.5) is 0 Å². The lowest BCUT2D eigenvalue weighted by Gasteiger charge is -2.46. The summed E-state index contributed by atoms with van der Waals surface area (Å²) in [6, 6.07) is 4.51. The van der Waals surface area contributed by atoms with Crippen LogP contribution in [0.2, 0.25) is 0 Å². The molecular formula is C24H34O2. The fourth-order valence-corrected chi connectivity index (χ4v) is 4.55. The van der Waals surface area contributed by atoms with Gasteiger partial charge in [-0.05, 0) is 64.2 Å². The Morgan fingerprint density at radius 2 is 2.12 bits per heavy atom. The molecule has 0 spiro atoms. The van der Waals surface area contributed by atoms with Crippen LogP contribution in [0.1, 0.15) is 76.8 Å². The van der Waals surface area contributed by atoms with Gasteiger partial charge in [0.05, 0.1) is 0 Å². The molecule has 0 saturated carbocycles. The second-order valence-corrected chi connectivity index (χ2v) is 8.45. The van der Waals surface area contributed by atoms with E-state index in [0.717, 1.165) is 17.9 Å². The quantitative estimate of drug-likeness (QED) is 0.406. The van der Waals surface area contributed by atoms with Crippen LogP contribution in [0.15, 0.2) is 36.4 Å². The summed E-state index contributed by atoms with van der Waals surface area (Å²) in [6.07, 6.45) is 11.4. The van der Waals surface area contributed by atoms with Crippen LogP contribution in [-0.4, -0.2) is 12.2 Å². The molecule has 26 heavy (non-hydrogen) atoms. The molecule has 1 aromatic carbocycles. The lowest BCUT2D eigenvalue weighted by Crippen LogP contribution is -2.45. The molecule has 1 aliphatic heterocycles. The first-order chi connectivity index (χ1) is 12.5. The molecule has 0 bridgehead atoms. The van der Waals surface area contributed by atoms with E-state index >= 15 is 0 Å². The average molecular weight is 355 g/mol. The standard InChI is InChI=1S/C24H34O2/c1-6-8-9-10-18-15-21(25-13-7-2)23-19-14-17(3)11-12-20(19)24(4,5)26-22(23)16-18/h7,14-16,19-20H,2,6,8-13H2,1,3-5H3. The molecule has 1 aliphatic carbocycles. The fraction of sp³-hybridized carbons (Fsp3) is 0.583. The van der Waals surface area contributed by atoms with E-state index in [9.17, 15) is 0 Å². The van der Waals surface area contributed by atoms with E-state index in [1.54, 1.807) is 0 Å². The van der Waals surface area contributed by atoms with Crippen LogP contribution in [0, 0.1) is 5.92 Å². The number of allylic oxidation sites excluding steroid dienone is 2. The van der Waals surface area contributed by atoms with Gasteiger partial charge in [0.1, 0.15) is 23.7 Å². The molecule has 0 radical (unpaired) electrons. The van der Waals surface area contributed by atoms with Crippen molar-refractivity contribution in [1.29, 1.82) is 0 Å². The Kier molecular flexibility index (Phi) is 5.79.